The fourth-order valence-corrected chi connectivity index (χ4v) is 2.56. The number of carboxylic acids is 1. The van der Waals surface area contributed by atoms with Crippen LogP contribution in [0.3, 0.4) is 0 Å². The highest BCUT2D eigenvalue weighted by atomic mass is 16.4. The highest BCUT2D eigenvalue weighted by Gasteiger charge is 2.31. The zero-order chi connectivity index (χ0) is 12.5. The van der Waals surface area contributed by atoms with Crippen LogP contribution in [0.4, 0.5) is 0 Å². The van der Waals surface area contributed by atoms with E-state index in [1.165, 1.54) is 0 Å². The van der Waals surface area contributed by atoms with Crippen LogP contribution in [-0.2, 0) is 4.79 Å². The summed E-state index contributed by atoms with van der Waals surface area (Å²) in [5, 5.41) is 15.5. The molecule has 92 valence electrons. The molecule has 18 heavy (non-hydrogen) atoms. The Hall–Kier alpha value is -2.23. The van der Waals surface area contributed by atoms with Crippen LogP contribution in [-0.4, -0.2) is 23.2 Å². The van der Waals surface area contributed by atoms with E-state index in [0.717, 1.165) is 5.57 Å². The first-order chi connectivity index (χ1) is 8.75. The summed E-state index contributed by atoms with van der Waals surface area (Å²) < 4.78 is 0. The molecular weight excluding hydrogens is 228 g/mol. The Bertz CT molecular complexity index is 526. The van der Waals surface area contributed by atoms with E-state index in [9.17, 15) is 4.79 Å². The Morgan fingerprint density at radius 3 is 2.89 bits per heavy atom. The number of rotatable bonds is 1. The van der Waals surface area contributed by atoms with Gasteiger partial charge in [-0.05, 0) is 23.9 Å². The van der Waals surface area contributed by atoms with Crippen LogP contribution in [0.2, 0.25) is 0 Å². The minimum absolute atomic E-state index is 0.116. The highest BCUT2D eigenvalue weighted by molar-refractivity contribution is 5.90. The van der Waals surface area contributed by atoms with Crippen LogP contribution in [0.5, 0.6) is 0 Å². The summed E-state index contributed by atoms with van der Waals surface area (Å²) >= 11 is 0. The molecule has 3 unspecified atom stereocenters. The van der Waals surface area contributed by atoms with Crippen LogP contribution in [0.25, 0.3) is 0 Å². The van der Waals surface area contributed by atoms with Gasteiger partial charge in [-0.3, -0.25) is 0 Å². The van der Waals surface area contributed by atoms with Crippen LogP contribution in [0.15, 0.2) is 60.0 Å². The lowest BCUT2D eigenvalue weighted by molar-refractivity contribution is -0.132. The Kier molecular flexibility index (Phi) is 2.55. The van der Waals surface area contributed by atoms with Gasteiger partial charge in [-0.25, -0.2) is 4.79 Å². The van der Waals surface area contributed by atoms with Crippen molar-refractivity contribution in [2.75, 3.05) is 0 Å². The molecule has 2 aliphatic heterocycles. The SMILES string of the molecule is O=C(O)C1=CNC2C(=C1)C=CNC1C=CC=CC12. The van der Waals surface area contributed by atoms with E-state index in [1.807, 2.05) is 24.4 Å². The van der Waals surface area contributed by atoms with Gasteiger partial charge in [-0.2, -0.15) is 0 Å². The lowest BCUT2D eigenvalue weighted by atomic mass is 9.83. The lowest BCUT2D eigenvalue weighted by Crippen LogP contribution is -2.44. The number of carbonyl (C=O) groups is 1. The minimum Gasteiger partial charge on any atom is -0.478 e. The second-order valence-corrected chi connectivity index (χ2v) is 4.57. The molecule has 0 bridgehead atoms. The molecule has 3 atom stereocenters. The van der Waals surface area contributed by atoms with Gasteiger partial charge in [0, 0.05) is 12.1 Å². The number of nitrogens with one attached hydrogen (secondary N) is 2. The third kappa shape index (κ3) is 1.76. The monoisotopic (exact) mass is 242 g/mol. The van der Waals surface area contributed by atoms with Gasteiger partial charge in [0.25, 0.3) is 0 Å². The molecule has 4 nitrogen and oxygen atoms in total. The number of hydrogen-bond donors (Lipinski definition) is 3. The van der Waals surface area contributed by atoms with Gasteiger partial charge in [0.05, 0.1) is 17.7 Å². The summed E-state index contributed by atoms with van der Waals surface area (Å²) in [5.41, 5.74) is 1.29. The van der Waals surface area contributed by atoms with E-state index in [-0.39, 0.29) is 18.0 Å². The number of dihydropyridines is 1. The summed E-state index contributed by atoms with van der Waals surface area (Å²) in [6.07, 6.45) is 15.5. The van der Waals surface area contributed by atoms with Crippen LogP contribution >= 0.6 is 0 Å². The molecule has 2 heterocycles. The number of hydrogen-bond acceptors (Lipinski definition) is 3. The summed E-state index contributed by atoms with van der Waals surface area (Å²) in [7, 11) is 0. The molecule has 0 spiro atoms. The van der Waals surface area contributed by atoms with E-state index in [2.05, 4.69) is 22.8 Å². The topological polar surface area (TPSA) is 61.4 Å². The van der Waals surface area contributed by atoms with Gasteiger partial charge in [0.2, 0.25) is 0 Å². The highest BCUT2D eigenvalue weighted by Crippen LogP contribution is 2.28. The summed E-state index contributed by atoms with van der Waals surface area (Å²) in [4.78, 5) is 11.0. The average Bonchev–Trinajstić information content (AvgIpc) is 2.57. The number of carboxylic acid groups (broad SMARTS) is 1. The molecule has 0 fully saturated rings. The van der Waals surface area contributed by atoms with Crippen molar-refractivity contribution in [1.29, 1.82) is 0 Å². The van der Waals surface area contributed by atoms with Gasteiger partial charge in [-0.1, -0.05) is 24.3 Å². The lowest BCUT2D eigenvalue weighted by Gasteiger charge is -2.32. The second-order valence-electron chi connectivity index (χ2n) is 4.57. The quantitative estimate of drug-likeness (QED) is 0.644. The molecule has 0 saturated carbocycles. The molecule has 0 aromatic rings. The molecular formula is C14H14N2O2. The number of allylic oxidation sites excluding steroid dienone is 2. The van der Waals surface area contributed by atoms with E-state index in [1.54, 1.807) is 12.3 Å². The van der Waals surface area contributed by atoms with E-state index in [4.69, 9.17) is 5.11 Å². The largest absolute Gasteiger partial charge is 0.478 e. The Morgan fingerprint density at radius 2 is 2.06 bits per heavy atom. The molecule has 0 radical (unpaired) electrons. The third-order valence-electron chi connectivity index (χ3n) is 3.47. The van der Waals surface area contributed by atoms with Crippen LogP contribution in [0.1, 0.15) is 0 Å². The molecule has 4 heteroatoms. The van der Waals surface area contributed by atoms with Crippen molar-refractivity contribution in [3.05, 3.63) is 60.0 Å². The molecule has 0 saturated heterocycles. The van der Waals surface area contributed by atoms with Crippen molar-refractivity contribution >= 4 is 5.97 Å². The molecule has 3 N–H and O–H groups in total. The maximum atomic E-state index is 11.0. The second kappa shape index (κ2) is 4.22. The fraction of sp³-hybridized carbons (Fsp3) is 0.214. The first-order valence-corrected chi connectivity index (χ1v) is 5.94. The minimum atomic E-state index is -0.908. The Labute approximate surface area is 105 Å². The summed E-state index contributed by atoms with van der Waals surface area (Å²) in [5.74, 6) is -0.627. The smallest absolute Gasteiger partial charge is 0.337 e. The zero-order valence-electron chi connectivity index (χ0n) is 9.71. The molecule has 3 aliphatic rings. The predicted octanol–water partition coefficient (Wildman–Crippen LogP) is 1.08. The molecule has 3 rings (SSSR count). The van der Waals surface area contributed by atoms with E-state index < -0.39 is 5.97 Å². The van der Waals surface area contributed by atoms with Crippen molar-refractivity contribution in [3.8, 4) is 0 Å². The van der Waals surface area contributed by atoms with Gasteiger partial charge in [0.15, 0.2) is 0 Å². The molecule has 0 aromatic carbocycles. The van der Waals surface area contributed by atoms with Crippen molar-refractivity contribution in [2.24, 2.45) is 5.92 Å². The van der Waals surface area contributed by atoms with Crippen molar-refractivity contribution < 1.29 is 9.90 Å². The molecule has 0 amide bonds. The third-order valence-corrected chi connectivity index (χ3v) is 3.47. The molecule has 0 aromatic heterocycles. The fourth-order valence-electron chi connectivity index (χ4n) is 2.56. The zero-order valence-corrected chi connectivity index (χ0v) is 9.71. The Balaban J connectivity index is 1.95. The summed E-state index contributed by atoms with van der Waals surface area (Å²) in [6, 6.07) is 0.361. The van der Waals surface area contributed by atoms with Crippen molar-refractivity contribution in [3.63, 3.8) is 0 Å². The van der Waals surface area contributed by atoms with Gasteiger partial charge >= 0.3 is 5.97 Å². The standard InChI is InChI=1S/C14H14N2O2/c17-14(18)10-7-9-5-6-15-12-4-2-1-3-11(12)13(9)16-8-10/h1-8,11-13,15-16H,(H,17,18). The van der Waals surface area contributed by atoms with Crippen molar-refractivity contribution in [2.45, 2.75) is 12.1 Å². The van der Waals surface area contributed by atoms with Crippen LogP contribution < -0.4 is 10.6 Å². The maximum absolute atomic E-state index is 11.0. The van der Waals surface area contributed by atoms with Crippen LogP contribution in [0, 0.1) is 5.92 Å². The number of fused-ring (bicyclic) bond motifs is 3. The first-order valence-electron chi connectivity index (χ1n) is 5.94. The Morgan fingerprint density at radius 1 is 1.22 bits per heavy atom. The maximum Gasteiger partial charge on any atom is 0.337 e. The number of aliphatic carboxylic acids is 1. The van der Waals surface area contributed by atoms with Gasteiger partial charge in [0.1, 0.15) is 0 Å². The average molecular weight is 242 g/mol. The van der Waals surface area contributed by atoms with E-state index in [0.29, 0.717) is 5.57 Å². The van der Waals surface area contributed by atoms with Crippen molar-refractivity contribution in [1.82, 2.24) is 10.6 Å². The first kappa shape index (κ1) is 10.9. The predicted molar refractivity (Wildman–Crippen MR) is 68.6 cm³/mol. The normalized spacial score (nSPS) is 32.1. The summed E-state index contributed by atoms with van der Waals surface area (Å²) in [6.45, 7) is 0. The van der Waals surface area contributed by atoms with Gasteiger partial charge < -0.3 is 15.7 Å². The van der Waals surface area contributed by atoms with E-state index >= 15 is 0 Å². The van der Waals surface area contributed by atoms with Gasteiger partial charge in [-0.15, -0.1) is 0 Å². The molecule has 1 aliphatic carbocycles.